The standard InChI is InChI=1S/C16H25ClN4/c1-4-21-15-14(12(2)19-21)18-13(10-17)20(15)11-16(3)8-6-5-7-9-16/h4-11H2,1-3H3. The molecule has 1 saturated carbocycles. The van der Waals surface area contributed by atoms with Crippen LogP contribution in [0.4, 0.5) is 0 Å². The van der Waals surface area contributed by atoms with Crippen molar-refractivity contribution in [2.24, 2.45) is 5.41 Å². The van der Waals surface area contributed by atoms with Gasteiger partial charge in [0, 0.05) is 13.1 Å². The van der Waals surface area contributed by atoms with Crippen LogP contribution in [0, 0.1) is 12.3 Å². The van der Waals surface area contributed by atoms with Crippen molar-refractivity contribution < 1.29 is 0 Å². The first-order valence-corrected chi connectivity index (χ1v) is 8.60. The maximum atomic E-state index is 6.16. The van der Waals surface area contributed by atoms with Gasteiger partial charge in [0.1, 0.15) is 11.3 Å². The summed E-state index contributed by atoms with van der Waals surface area (Å²) in [5.41, 5.74) is 3.54. The second kappa shape index (κ2) is 5.64. The van der Waals surface area contributed by atoms with Crippen LogP contribution in [0.1, 0.15) is 57.5 Å². The number of alkyl halides is 1. The van der Waals surface area contributed by atoms with Gasteiger partial charge in [-0.3, -0.25) is 0 Å². The van der Waals surface area contributed by atoms with Crippen molar-refractivity contribution in [1.29, 1.82) is 0 Å². The van der Waals surface area contributed by atoms with E-state index in [1.807, 2.05) is 6.92 Å². The highest BCUT2D eigenvalue weighted by Gasteiger charge is 2.30. The normalized spacial score (nSPS) is 18.5. The average Bonchev–Trinajstić information content (AvgIpc) is 2.98. The molecular weight excluding hydrogens is 284 g/mol. The van der Waals surface area contributed by atoms with Gasteiger partial charge >= 0.3 is 0 Å². The topological polar surface area (TPSA) is 35.6 Å². The SMILES string of the molecule is CCn1nc(C)c2nc(CCl)n(CC3(C)CCCCC3)c21. The molecule has 0 amide bonds. The highest BCUT2D eigenvalue weighted by molar-refractivity contribution is 6.16. The Morgan fingerprint density at radius 2 is 1.95 bits per heavy atom. The molecule has 0 N–H and O–H groups in total. The van der Waals surface area contributed by atoms with E-state index in [4.69, 9.17) is 16.6 Å². The van der Waals surface area contributed by atoms with Gasteiger partial charge in [0.05, 0.1) is 11.6 Å². The molecule has 116 valence electrons. The minimum absolute atomic E-state index is 0.365. The first kappa shape index (κ1) is 14.9. The number of hydrogen-bond donors (Lipinski definition) is 0. The summed E-state index contributed by atoms with van der Waals surface area (Å²) in [6.45, 7) is 8.46. The highest BCUT2D eigenvalue weighted by Crippen LogP contribution is 2.38. The predicted molar refractivity (Wildman–Crippen MR) is 86.7 cm³/mol. The lowest BCUT2D eigenvalue weighted by atomic mass is 9.75. The van der Waals surface area contributed by atoms with Gasteiger partial charge in [0.25, 0.3) is 0 Å². The van der Waals surface area contributed by atoms with E-state index in [0.717, 1.165) is 35.8 Å². The molecule has 1 aliphatic rings. The summed E-state index contributed by atoms with van der Waals surface area (Å²) in [6, 6.07) is 0. The van der Waals surface area contributed by atoms with Gasteiger partial charge in [-0.2, -0.15) is 5.10 Å². The minimum atomic E-state index is 0.365. The minimum Gasteiger partial charge on any atom is -0.311 e. The van der Waals surface area contributed by atoms with E-state index in [-0.39, 0.29) is 0 Å². The number of aryl methyl sites for hydroxylation is 2. The second-order valence-corrected chi connectivity index (χ2v) is 6.96. The van der Waals surface area contributed by atoms with Crippen LogP contribution in [0.2, 0.25) is 0 Å². The van der Waals surface area contributed by atoms with Gasteiger partial charge < -0.3 is 4.57 Å². The Balaban J connectivity index is 2.07. The molecule has 3 rings (SSSR count). The van der Waals surface area contributed by atoms with Crippen molar-refractivity contribution in [3.63, 3.8) is 0 Å². The van der Waals surface area contributed by atoms with E-state index in [0.29, 0.717) is 11.3 Å². The van der Waals surface area contributed by atoms with Crippen molar-refractivity contribution in [2.75, 3.05) is 0 Å². The molecule has 0 aliphatic heterocycles. The molecule has 0 atom stereocenters. The molecule has 1 aliphatic carbocycles. The molecule has 2 heterocycles. The monoisotopic (exact) mass is 308 g/mol. The van der Waals surface area contributed by atoms with Gasteiger partial charge in [-0.05, 0) is 32.1 Å². The Morgan fingerprint density at radius 3 is 2.57 bits per heavy atom. The Labute approximate surface area is 131 Å². The van der Waals surface area contributed by atoms with Gasteiger partial charge in [-0.15, -0.1) is 11.6 Å². The van der Waals surface area contributed by atoms with Crippen LogP contribution in [0.15, 0.2) is 0 Å². The summed E-state index contributed by atoms with van der Waals surface area (Å²) in [5.74, 6) is 1.45. The first-order valence-electron chi connectivity index (χ1n) is 8.06. The van der Waals surface area contributed by atoms with Crippen LogP contribution in [0.25, 0.3) is 11.2 Å². The van der Waals surface area contributed by atoms with Crippen molar-refractivity contribution in [1.82, 2.24) is 19.3 Å². The molecule has 0 saturated heterocycles. The summed E-state index contributed by atoms with van der Waals surface area (Å²) in [5, 5.41) is 4.61. The van der Waals surface area contributed by atoms with E-state index in [2.05, 4.69) is 28.2 Å². The van der Waals surface area contributed by atoms with Crippen molar-refractivity contribution >= 4 is 22.8 Å². The number of imidazole rings is 1. The van der Waals surface area contributed by atoms with Crippen LogP contribution < -0.4 is 0 Å². The van der Waals surface area contributed by atoms with Crippen LogP contribution in [-0.2, 0) is 19.0 Å². The Bertz CT molecular complexity index is 634. The molecule has 2 aromatic rings. The summed E-state index contributed by atoms with van der Waals surface area (Å²) in [4.78, 5) is 4.74. The number of halogens is 1. The number of hydrogen-bond acceptors (Lipinski definition) is 2. The Kier molecular flexibility index (Phi) is 4.00. The zero-order chi connectivity index (χ0) is 15.0. The van der Waals surface area contributed by atoms with Crippen molar-refractivity contribution in [3.8, 4) is 0 Å². The third kappa shape index (κ3) is 2.59. The molecule has 0 aromatic carbocycles. The van der Waals surface area contributed by atoms with Crippen LogP contribution in [0.5, 0.6) is 0 Å². The lowest BCUT2D eigenvalue weighted by Crippen LogP contribution is -2.27. The van der Waals surface area contributed by atoms with E-state index in [1.54, 1.807) is 0 Å². The zero-order valence-corrected chi connectivity index (χ0v) is 14.1. The third-order valence-electron chi connectivity index (χ3n) is 4.90. The smallest absolute Gasteiger partial charge is 0.158 e. The molecule has 0 radical (unpaired) electrons. The fourth-order valence-corrected chi connectivity index (χ4v) is 3.91. The fraction of sp³-hybridized carbons (Fsp3) is 0.750. The van der Waals surface area contributed by atoms with E-state index in [1.165, 1.54) is 32.1 Å². The Morgan fingerprint density at radius 1 is 1.24 bits per heavy atom. The summed E-state index contributed by atoms with van der Waals surface area (Å²) in [7, 11) is 0. The zero-order valence-electron chi connectivity index (χ0n) is 13.3. The number of rotatable bonds is 4. The predicted octanol–water partition coefficient (Wildman–Crippen LogP) is 4.27. The molecule has 5 heteroatoms. The second-order valence-electron chi connectivity index (χ2n) is 6.69. The third-order valence-corrected chi connectivity index (χ3v) is 5.14. The van der Waals surface area contributed by atoms with Crippen LogP contribution >= 0.6 is 11.6 Å². The molecule has 2 aromatic heterocycles. The Hall–Kier alpha value is -1.03. The summed E-state index contributed by atoms with van der Waals surface area (Å²) < 4.78 is 4.40. The van der Waals surface area contributed by atoms with Gasteiger partial charge in [0.15, 0.2) is 5.65 Å². The molecule has 21 heavy (non-hydrogen) atoms. The molecule has 4 nitrogen and oxygen atoms in total. The average molecular weight is 309 g/mol. The van der Waals surface area contributed by atoms with E-state index >= 15 is 0 Å². The summed E-state index contributed by atoms with van der Waals surface area (Å²) in [6.07, 6.45) is 6.66. The van der Waals surface area contributed by atoms with E-state index < -0.39 is 0 Å². The summed E-state index contributed by atoms with van der Waals surface area (Å²) >= 11 is 6.16. The van der Waals surface area contributed by atoms with Crippen LogP contribution in [0.3, 0.4) is 0 Å². The van der Waals surface area contributed by atoms with Crippen molar-refractivity contribution in [3.05, 3.63) is 11.5 Å². The quantitative estimate of drug-likeness (QED) is 0.791. The molecule has 0 bridgehead atoms. The lowest BCUT2D eigenvalue weighted by molar-refractivity contribution is 0.183. The van der Waals surface area contributed by atoms with Crippen molar-refractivity contribution in [2.45, 2.75) is 71.8 Å². The lowest BCUT2D eigenvalue weighted by Gasteiger charge is -2.34. The van der Waals surface area contributed by atoms with Crippen LogP contribution in [-0.4, -0.2) is 19.3 Å². The molecule has 0 spiro atoms. The molecule has 0 unspecified atom stereocenters. The van der Waals surface area contributed by atoms with Gasteiger partial charge in [-0.25, -0.2) is 9.67 Å². The van der Waals surface area contributed by atoms with E-state index in [9.17, 15) is 0 Å². The maximum absolute atomic E-state index is 6.16. The molecule has 1 fully saturated rings. The molecular formula is C16H25ClN4. The first-order chi connectivity index (χ1) is 10.1. The fourth-order valence-electron chi connectivity index (χ4n) is 3.70. The number of nitrogens with zero attached hydrogens (tertiary/aromatic N) is 4. The number of fused-ring (bicyclic) bond motifs is 1. The van der Waals surface area contributed by atoms with Gasteiger partial charge in [0.2, 0.25) is 0 Å². The van der Waals surface area contributed by atoms with Gasteiger partial charge in [-0.1, -0.05) is 26.2 Å². The largest absolute Gasteiger partial charge is 0.311 e. The highest BCUT2D eigenvalue weighted by atomic mass is 35.5. The number of aromatic nitrogens is 4. The maximum Gasteiger partial charge on any atom is 0.158 e.